The van der Waals surface area contributed by atoms with E-state index < -0.39 is 0 Å². The largest absolute Gasteiger partial charge is 0.339 e. The molecule has 0 saturated heterocycles. The molecule has 0 aliphatic heterocycles. The van der Waals surface area contributed by atoms with Crippen LogP contribution in [0.2, 0.25) is 0 Å². The van der Waals surface area contributed by atoms with Gasteiger partial charge in [-0.1, -0.05) is 17.3 Å². The van der Waals surface area contributed by atoms with Gasteiger partial charge in [0.05, 0.1) is 0 Å². The molecule has 1 heterocycles. The number of hydrogen-bond donors (Lipinski definition) is 1. The smallest absolute Gasteiger partial charge is 0.227 e. The van der Waals surface area contributed by atoms with E-state index in [1.807, 2.05) is 0 Å². The average molecular weight is 221 g/mol. The van der Waals surface area contributed by atoms with Gasteiger partial charge in [-0.15, -0.1) is 0 Å². The van der Waals surface area contributed by atoms with Crippen molar-refractivity contribution in [1.29, 1.82) is 0 Å². The Labute approximate surface area is 92.3 Å². The van der Waals surface area contributed by atoms with E-state index in [1.54, 1.807) is 12.1 Å². The maximum absolute atomic E-state index is 13.0. The third-order valence-corrected chi connectivity index (χ3v) is 2.15. The molecular weight excluding hydrogens is 209 g/mol. The second-order valence-corrected chi connectivity index (χ2v) is 3.41. The second-order valence-electron chi connectivity index (χ2n) is 3.41. The van der Waals surface area contributed by atoms with E-state index in [1.165, 1.54) is 12.1 Å². The fraction of sp³-hybridized carbons (Fsp3) is 0.273. The van der Waals surface area contributed by atoms with Crippen molar-refractivity contribution < 1.29 is 8.91 Å². The molecule has 0 spiro atoms. The van der Waals surface area contributed by atoms with Gasteiger partial charge in [-0.25, -0.2) is 4.39 Å². The summed E-state index contributed by atoms with van der Waals surface area (Å²) in [5, 5.41) is 3.79. The Bertz CT molecular complexity index is 470. The standard InChI is InChI=1S/C11H12FN3O/c12-9-4-1-3-8(7-9)11-14-10(16-15-11)5-2-6-13/h1,3-4,7H,2,5-6,13H2. The summed E-state index contributed by atoms with van der Waals surface area (Å²) in [5.41, 5.74) is 5.99. The molecule has 0 fully saturated rings. The van der Waals surface area contributed by atoms with E-state index in [0.717, 1.165) is 6.42 Å². The van der Waals surface area contributed by atoms with Gasteiger partial charge in [0.2, 0.25) is 11.7 Å². The van der Waals surface area contributed by atoms with Crippen LogP contribution in [0.25, 0.3) is 11.4 Å². The lowest BCUT2D eigenvalue weighted by molar-refractivity contribution is 0.376. The van der Waals surface area contributed by atoms with Crippen molar-refractivity contribution in [2.45, 2.75) is 12.8 Å². The Morgan fingerprint density at radius 3 is 3.00 bits per heavy atom. The van der Waals surface area contributed by atoms with Gasteiger partial charge in [-0.05, 0) is 25.1 Å². The lowest BCUT2D eigenvalue weighted by atomic mass is 10.2. The Balaban J connectivity index is 2.18. The van der Waals surface area contributed by atoms with Crippen LogP contribution in [-0.2, 0) is 6.42 Å². The van der Waals surface area contributed by atoms with E-state index in [0.29, 0.717) is 30.2 Å². The first-order chi connectivity index (χ1) is 7.79. The van der Waals surface area contributed by atoms with Crippen LogP contribution in [-0.4, -0.2) is 16.7 Å². The fourth-order valence-corrected chi connectivity index (χ4v) is 1.35. The molecule has 4 nitrogen and oxygen atoms in total. The van der Waals surface area contributed by atoms with Crippen LogP contribution in [0.5, 0.6) is 0 Å². The molecule has 0 atom stereocenters. The van der Waals surface area contributed by atoms with Gasteiger partial charge in [0.1, 0.15) is 5.82 Å². The maximum atomic E-state index is 13.0. The Morgan fingerprint density at radius 1 is 1.38 bits per heavy atom. The van der Waals surface area contributed by atoms with E-state index in [9.17, 15) is 4.39 Å². The molecule has 2 rings (SSSR count). The topological polar surface area (TPSA) is 64.9 Å². The molecule has 84 valence electrons. The number of aryl methyl sites for hydroxylation is 1. The van der Waals surface area contributed by atoms with Crippen molar-refractivity contribution in [2.75, 3.05) is 6.54 Å². The van der Waals surface area contributed by atoms with Crippen molar-refractivity contribution in [2.24, 2.45) is 5.73 Å². The van der Waals surface area contributed by atoms with E-state index in [2.05, 4.69) is 10.1 Å². The molecule has 2 aromatic rings. The first-order valence-corrected chi connectivity index (χ1v) is 5.08. The number of hydrogen-bond acceptors (Lipinski definition) is 4. The first-order valence-electron chi connectivity index (χ1n) is 5.08. The molecule has 0 radical (unpaired) electrons. The second kappa shape index (κ2) is 4.85. The zero-order valence-corrected chi connectivity index (χ0v) is 8.69. The molecular formula is C11H12FN3O. The van der Waals surface area contributed by atoms with Crippen LogP contribution in [0.15, 0.2) is 28.8 Å². The van der Waals surface area contributed by atoms with Crippen molar-refractivity contribution >= 4 is 0 Å². The molecule has 1 aromatic heterocycles. The van der Waals surface area contributed by atoms with E-state index >= 15 is 0 Å². The minimum atomic E-state index is -0.314. The zero-order valence-electron chi connectivity index (χ0n) is 8.69. The quantitative estimate of drug-likeness (QED) is 0.854. The molecule has 0 aliphatic carbocycles. The molecule has 5 heteroatoms. The van der Waals surface area contributed by atoms with Crippen LogP contribution in [0.4, 0.5) is 4.39 Å². The summed E-state index contributed by atoms with van der Waals surface area (Å²) in [6.45, 7) is 0.581. The van der Waals surface area contributed by atoms with E-state index in [4.69, 9.17) is 10.3 Å². The van der Waals surface area contributed by atoms with Crippen LogP contribution in [0, 0.1) is 5.82 Å². The first kappa shape index (κ1) is 10.8. The molecule has 2 N–H and O–H groups in total. The van der Waals surface area contributed by atoms with Gasteiger partial charge in [0, 0.05) is 12.0 Å². The van der Waals surface area contributed by atoms with Crippen molar-refractivity contribution in [3.05, 3.63) is 36.0 Å². The van der Waals surface area contributed by atoms with Gasteiger partial charge in [-0.3, -0.25) is 0 Å². The molecule has 0 saturated carbocycles. The van der Waals surface area contributed by atoms with Gasteiger partial charge in [0.15, 0.2) is 0 Å². The SMILES string of the molecule is NCCCc1nc(-c2cccc(F)c2)no1. The summed E-state index contributed by atoms with van der Waals surface area (Å²) in [5.74, 6) is 0.627. The zero-order chi connectivity index (χ0) is 11.4. The molecule has 0 unspecified atom stereocenters. The highest BCUT2D eigenvalue weighted by molar-refractivity contribution is 5.53. The Hall–Kier alpha value is -1.75. The lowest BCUT2D eigenvalue weighted by Crippen LogP contribution is -2.00. The Morgan fingerprint density at radius 2 is 2.25 bits per heavy atom. The number of nitrogens with two attached hydrogens (primary N) is 1. The highest BCUT2D eigenvalue weighted by Gasteiger charge is 2.08. The summed E-state index contributed by atoms with van der Waals surface area (Å²) in [6, 6.07) is 6.09. The fourth-order valence-electron chi connectivity index (χ4n) is 1.35. The van der Waals surface area contributed by atoms with Gasteiger partial charge in [0.25, 0.3) is 0 Å². The minimum absolute atomic E-state index is 0.314. The molecule has 1 aromatic carbocycles. The number of nitrogens with zero attached hydrogens (tertiary/aromatic N) is 2. The van der Waals surface area contributed by atoms with Gasteiger partial charge in [-0.2, -0.15) is 4.98 Å². The van der Waals surface area contributed by atoms with Gasteiger partial charge >= 0.3 is 0 Å². The monoisotopic (exact) mass is 221 g/mol. The van der Waals surface area contributed by atoms with Crippen LogP contribution < -0.4 is 5.73 Å². The molecule has 0 amide bonds. The third kappa shape index (κ3) is 2.43. The number of aromatic nitrogens is 2. The summed E-state index contributed by atoms with van der Waals surface area (Å²) < 4.78 is 18.0. The van der Waals surface area contributed by atoms with Crippen molar-refractivity contribution in [3.8, 4) is 11.4 Å². The highest BCUT2D eigenvalue weighted by atomic mass is 19.1. The predicted octanol–water partition coefficient (Wildman–Crippen LogP) is 1.77. The van der Waals surface area contributed by atoms with Crippen LogP contribution in [0.3, 0.4) is 0 Å². The summed E-state index contributed by atoms with van der Waals surface area (Å²) in [6.07, 6.45) is 1.45. The summed E-state index contributed by atoms with van der Waals surface area (Å²) >= 11 is 0. The summed E-state index contributed by atoms with van der Waals surface area (Å²) in [4.78, 5) is 4.16. The predicted molar refractivity (Wildman–Crippen MR) is 57.1 cm³/mol. The number of rotatable bonds is 4. The lowest BCUT2D eigenvalue weighted by Gasteiger charge is -1.93. The minimum Gasteiger partial charge on any atom is -0.339 e. The average Bonchev–Trinajstić information content (AvgIpc) is 2.75. The normalized spacial score (nSPS) is 10.6. The molecule has 0 aliphatic rings. The van der Waals surface area contributed by atoms with Crippen LogP contribution in [0.1, 0.15) is 12.3 Å². The summed E-state index contributed by atoms with van der Waals surface area (Å²) in [7, 11) is 0. The van der Waals surface area contributed by atoms with Gasteiger partial charge < -0.3 is 10.3 Å². The third-order valence-electron chi connectivity index (χ3n) is 2.15. The Kier molecular flexibility index (Phi) is 3.26. The number of benzene rings is 1. The van der Waals surface area contributed by atoms with Crippen LogP contribution >= 0.6 is 0 Å². The van der Waals surface area contributed by atoms with E-state index in [-0.39, 0.29) is 5.82 Å². The molecule has 16 heavy (non-hydrogen) atoms. The maximum Gasteiger partial charge on any atom is 0.227 e. The number of halogens is 1. The van der Waals surface area contributed by atoms with Crippen molar-refractivity contribution in [1.82, 2.24) is 10.1 Å². The van der Waals surface area contributed by atoms with Crippen molar-refractivity contribution in [3.63, 3.8) is 0 Å². The molecule has 0 bridgehead atoms. The highest BCUT2D eigenvalue weighted by Crippen LogP contribution is 2.16.